The first-order valence-corrected chi connectivity index (χ1v) is 3.90. The van der Waals surface area contributed by atoms with Gasteiger partial charge in [-0.25, -0.2) is 0 Å². The van der Waals surface area contributed by atoms with Crippen molar-refractivity contribution in [2.45, 2.75) is 32.8 Å². The van der Waals surface area contributed by atoms with E-state index in [-0.39, 0.29) is 6.42 Å². The molecule has 0 saturated heterocycles. The van der Waals surface area contributed by atoms with E-state index in [1.54, 1.807) is 13.8 Å². The van der Waals surface area contributed by atoms with Crippen LogP contribution in [-0.2, 0) is 9.53 Å². The summed E-state index contributed by atoms with van der Waals surface area (Å²) in [5.74, 6) is -1.02. The molecule has 0 aromatic carbocycles. The summed E-state index contributed by atoms with van der Waals surface area (Å²) in [6.07, 6.45) is 0.0663. The molecule has 0 heterocycles. The number of ether oxygens (including phenoxy) is 1. The van der Waals surface area contributed by atoms with Gasteiger partial charge in [-0.15, -0.1) is 0 Å². The molecule has 0 saturated carbocycles. The number of nitrogens with zero attached hydrogens (tertiary/aromatic N) is 2. The zero-order valence-corrected chi connectivity index (χ0v) is 8.00. The molecule has 0 amide bonds. The predicted molar refractivity (Wildman–Crippen MR) is 45.2 cm³/mol. The lowest BCUT2D eigenvalue weighted by molar-refractivity contribution is -0.156. The fourth-order valence-electron chi connectivity index (χ4n) is 0.980. The van der Waals surface area contributed by atoms with Gasteiger partial charge in [0.05, 0.1) is 24.5 Å². The lowest BCUT2D eigenvalue weighted by Crippen LogP contribution is -2.35. The van der Waals surface area contributed by atoms with E-state index in [1.807, 2.05) is 12.1 Å². The van der Waals surface area contributed by atoms with E-state index >= 15 is 0 Å². The first-order valence-electron chi connectivity index (χ1n) is 3.90. The van der Waals surface area contributed by atoms with Crippen molar-refractivity contribution in [3.8, 4) is 12.1 Å². The third-order valence-electron chi connectivity index (χ3n) is 1.70. The van der Waals surface area contributed by atoms with Gasteiger partial charge in [0.15, 0.2) is 0 Å². The van der Waals surface area contributed by atoms with Crippen LogP contribution in [-0.4, -0.2) is 11.6 Å². The molecule has 1 atom stereocenters. The number of esters is 1. The van der Waals surface area contributed by atoms with Crippen LogP contribution in [0.3, 0.4) is 0 Å². The molecule has 0 aliphatic heterocycles. The summed E-state index contributed by atoms with van der Waals surface area (Å²) in [6.45, 7) is 4.53. The fourth-order valence-corrected chi connectivity index (χ4v) is 0.980. The Bertz CT molecular complexity index is 270. The summed E-state index contributed by atoms with van der Waals surface area (Å²) in [5, 5.41) is 17.1. The first kappa shape index (κ1) is 11.4. The van der Waals surface area contributed by atoms with Gasteiger partial charge in [0.25, 0.3) is 0 Å². The number of rotatable bonds is 3. The molecular weight excluding hydrogens is 168 g/mol. The topological polar surface area (TPSA) is 73.9 Å². The summed E-state index contributed by atoms with van der Waals surface area (Å²) in [7, 11) is 0. The Hall–Kier alpha value is -1.55. The third kappa shape index (κ3) is 3.57. The summed E-state index contributed by atoms with van der Waals surface area (Å²) in [6, 6.07) is 3.83. The molecule has 0 aliphatic carbocycles. The van der Waals surface area contributed by atoms with Crippen molar-refractivity contribution in [3.63, 3.8) is 0 Å². The number of hydrogen-bond donors (Lipinski definition) is 0. The second kappa shape index (κ2) is 4.47. The molecule has 0 spiro atoms. The molecule has 13 heavy (non-hydrogen) atoms. The minimum atomic E-state index is -0.893. The standard InChI is InChI=1S/C9H12N2O2/c1-7(12)13-9(2,3)8(6-11)4-5-10/h8H,4H2,1-3H3. The number of hydrogen-bond acceptors (Lipinski definition) is 4. The van der Waals surface area contributed by atoms with E-state index in [1.165, 1.54) is 6.92 Å². The van der Waals surface area contributed by atoms with Crippen LogP contribution in [0, 0.1) is 28.6 Å². The highest BCUT2D eigenvalue weighted by Crippen LogP contribution is 2.23. The van der Waals surface area contributed by atoms with Crippen molar-refractivity contribution in [2.75, 3.05) is 0 Å². The average Bonchev–Trinajstić information content (AvgIpc) is 1.97. The lowest BCUT2D eigenvalue weighted by atomic mass is 9.90. The minimum absolute atomic E-state index is 0.0663. The molecule has 0 fully saturated rings. The minimum Gasteiger partial charge on any atom is -0.458 e. The molecule has 4 nitrogen and oxygen atoms in total. The largest absolute Gasteiger partial charge is 0.458 e. The number of carbonyl (C=O) groups is 1. The first-order chi connectivity index (χ1) is 5.94. The van der Waals surface area contributed by atoms with Crippen molar-refractivity contribution in [1.29, 1.82) is 10.5 Å². The normalized spacial score (nSPS) is 12.4. The van der Waals surface area contributed by atoms with Crippen LogP contribution in [0.2, 0.25) is 0 Å². The maximum atomic E-state index is 10.7. The van der Waals surface area contributed by atoms with Crippen molar-refractivity contribution in [2.24, 2.45) is 5.92 Å². The highest BCUT2D eigenvalue weighted by atomic mass is 16.6. The molecule has 0 aliphatic rings. The Morgan fingerprint density at radius 3 is 2.38 bits per heavy atom. The molecule has 0 rings (SSSR count). The van der Waals surface area contributed by atoms with E-state index in [2.05, 4.69) is 0 Å². The van der Waals surface area contributed by atoms with Gasteiger partial charge in [0.1, 0.15) is 5.60 Å². The van der Waals surface area contributed by atoms with Crippen LogP contribution in [0.1, 0.15) is 27.2 Å². The van der Waals surface area contributed by atoms with Crippen LogP contribution in [0.4, 0.5) is 0 Å². The second-order valence-electron chi connectivity index (χ2n) is 3.24. The molecule has 0 N–H and O–H groups in total. The van der Waals surface area contributed by atoms with Gasteiger partial charge in [-0.1, -0.05) is 0 Å². The molecule has 70 valence electrons. The average molecular weight is 180 g/mol. The van der Waals surface area contributed by atoms with Crippen LogP contribution >= 0.6 is 0 Å². The second-order valence-corrected chi connectivity index (χ2v) is 3.24. The van der Waals surface area contributed by atoms with Crippen molar-refractivity contribution < 1.29 is 9.53 Å². The lowest BCUT2D eigenvalue weighted by Gasteiger charge is -2.27. The van der Waals surface area contributed by atoms with Gasteiger partial charge in [-0.05, 0) is 13.8 Å². The van der Waals surface area contributed by atoms with E-state index in [0.717, 1.165) is 0 Å². The summed E-state index contributed by atoms with van der Waals surface area (Å²) < 4.78 is 4.93. The number of carbonyl (C=O) groups excluding carboxylic acids is 1. The van der Waals surface area contributed by atoms with Crippen molar-refractivity contribution in [1.82, 2.24) is 0 Å². The third-order valence-corrected chi connectivity index (χ3v) is 1.70. The Balaban J connectivity index is 4.50. The molecule has 0 aromatic rings. The molecule has 0 radical (unpaired) electrons. The molecule has 0 bridgehead atoms. The highest BCUT2D eigenvalue weighted by Gasteiger charge is 2.32. The van der Waals surface area contributed by atoms with Crippen LogP contribution < -0.4 is 0 Å². The molecule has 1 unspecified atom stereocenters. The summed E-state index contributed by atoms with van der Waals surface area (Å²) >= 11 is 0. The van der Waals surface area contributed by atoms with Gasteiger partial charge in [0, 0.05) is 6.92 Å². The zero-order valence-electron chi connectivity index (χ0n) is 8.00. The highest BCUT2D eigenvalue weighted by molar-refractivity contribution is 5.66. The van der Waals surface area contributed by atoms with E-state index < -0.39 is 17.5 Å². The monoisotopic (exact) mass is 180 g/mol. The summed E-state index contributed by atoms with van der Waals surface area (Å²) in [4.78, 5) is 10.7. The molecule has 0 aromatic heterocycles. The van der Waals surface area contributed by atoms with Crippen LogP contribution in [0.5, 0.6) is 0 Å². The number of nitriles is 2. The SMILES string of the molecule is CC(=O)OC(C)(C)C(C#N)CC#N. The van der Waals surface area contributed by atoms with Crippen LogP contribution in [0.25, 0.3) is 0 Å². The van der Waals surface area contributed by atoms with Gasteiger partial charge < -0.3 is 4.74 Å². The molecule has 4 heteroatoms. The predicted octanol–water partition coefficient (Wildman–Crippen LogP) is 1.38. The van der Waals surface area contributed by atoms with E-state index in [0.29, 0.717) is 0 Å². The Morgan fingerprint density at radius 1 is 1.54 bits per heavy atom. The fraction of sp³-hybridized carbons (Fsp3) is 0.667. The maximum Gasteiger partial charge on any atom is 0.303 e. The van der Waals surface area contributed by atoms with E-state index in [4.69, 9.17) is 15.3 Å². The van der Waals surface area contributed by atoms with Crippen molar-refractivity contribution >= 4 is 5.97 Å². The maximum absolute atomic E-state index is 10.7. The van der Waals surface area contributed by atoms with Gasteiger partial charge in [-0.2, -0.15) is 10.5 Å². The Labute approximate surface area is 77.7 Å². The zero-order chi connectivity index (χ0) is 10.5. The van der Waals surface area contributed by atoms with Crippen molar-refractivity contribution in [3.05, 3.63) is 0 Å². The Morgan fingerprint density at radius 2 is 2.08 bits per heavy atom. The quantitative estimate of drug-likeness (QED) is 0.615. The van der Waals surface area contributed by atoms with E-state index in [9.17, 15) is 4.79 Å². The smallest absolute Gasteiger partial charge is 0.303 e. The van der Waals surface area contributed by atoms with Gasteiger partial charge >= 0.3 is 5.97 Å². The van der Waals surface area contributed by atoms with Gasteiger partial charge in [-0.3, -0.25) is 4.79 Å². The summed E-state index contributed by atoms with van der Waals surface area (Å²) in [5.41, 5.74) is -0.893. The van der Waals surface area contributed by atoms with Crippen LogP contribution in [0.15, 0.2) is 0 Å². The van der Waals surface area contributed by atoms with Gasteiger partial charge in [0.2, 0.25) is 0 Å². The Kier molecular flexibility index (Phi) is 3.94. The molecular formula is C9H12N2O2.